The van der Waals surface area contributed by atoms with Gasteiger partial charge in [0, 0.05) is 60.9 Å². The van der Waals surface area contributed by atoms with E-state index in [0.717, 1.165) is 82.6 Å². The average Bonchev–Trinajstić information content (AvgIpc) is 3.49. The van der Waals surface area contributed by atoms with Crippen molar-refractivity contribution in [3.8, 4) is 16.9 Å². The molecule has 0 unspecified atom stereocenters. The number of nitrogens with one attached hydrogen (secondary N) is 1. The molecule has 1 aliphatic heterocycles. The second kappa shape index (κ2) is 19.2. The molecular formula is C41H50N4O5S. The standard InChI is InChI=1S/C41H50N4O5S/c1-5-6-22-48-24-25-50-37-12-7-32(8-13-37)33-9-16-39-35(26-33)27-34(17-19-45(39)28-30(2)3)41(47)43-36-10-14-38(15-11-36)51-29-40-42-18-20-44(40)21-23-49-31(4)46/h7-16,18,20,26-27,30H,5-6,17,19,21-25,28-29H2,1-4H3,(H,43,47). The van der Waals surface area contributed by atoms with Crippen LogP contribution in [0.2, 0.25) is 0 Å². The highest BCUT2D eigenvalue weighted by Crippen LogP contribution is 2.34. The number of aromatic nitrogens is 2. The molecule has 0 atom stereocenters. The summed E-state index contributed by atoms with van der Waals surface area (Å²) >= 11 is 1.66. The molecule has 0 spiro atoms. The van der Waals surface area contributed by atoms with Crippen LogP contribution in [0.15, 0.2) is 89.6 Å². The maximum Gasteiger partial charge on any atom is 0.302 e. The lowest BCUT2D eigenvalue weighted by atomic mass is 10.00. The van der Waals surface area contributed by atoms with E-state index in [0.29, 0.717) is 44.5 Å². The number of carbonyl (C=O) groups excluding carboxylic acids is 2. The molecule has 2 heterocycles. The second-order valence-electron chi connectivity index (χ2n) is 13.0. The topological polar surface area (TPSA) is 94.9 Å². The normalized spacial score (nSPS) is 12.6. The number of amides is 1. The molecule has 1 N–H and O–H groups in total. The Morgan fingerprint density at radius 3 is 2.49 bits per heavy atom. The van der Waals surface area contributed by atoms with Crippen LogP contribution in [0.25, 0.3) is 17.2 Å². The predicted octanol–water partition coefficient (Wildman–Crippen LogP) is 8.49. The van der Waals surface area contributed by atoms with Gasteiger partial charge in [-0.2, -0.15) is 0 Å². The zero-order valence-corrected chi connectivity index (χ0v) is 31.0. The van der Waals surface area contributed by atoms with E-state index >= 15 is 0 Å². The minimum atomic E-state index is -0.288. The first-order chi connectivity index (χ1) is 24.8. The Morgan fingerprint density at radius 1 is 0.961 bits per heavy atom. The molecule has 9 nitrogen and oxygen atoms in total. The molecule has 1 aromatic heterocycles. The van der Waals surface area contributed by atoms with Gasteiger partial charge in [-0.05, 0) is 90.1 Å². The lowest BCUT2D eigenvalue weighted by Gasteiger charge is -2.27. The van der Waals surface area contributed by atoms with E-state index in [9.17, 15) is 9.59 Å². The summed E-state index contributed by atoms with van der Waals surface area (Å²) in [6.45, 7) is 12.5. The van der Waals surface area contributed by atoms with Crippen molar-refractivity contribution in [1.82, 2.24) is 9.55 Å². The van der Waals surface area contributed by atoms with Crippen molar-refractivity contribution >= 4 is 41.1 Å². The van der Waals surface area contributed by atoms with Crippen molar-refractivity contribution in [3.63, 3.8) is 0 Å². The summed E-state index contributed by atoms with van der Waals surface area (Å²) in [5, 5.41) is 3.13. The number of thioether (sulfide) groups is 1. The zero-order chi connectivity index (χ0) is 36.0. The molecule has 51 heavy (non-hydrogen) atoms. The maximum atomic E-state index is 13.7. The number of anilines is 2. The Hall–Kier alpha value is -4.54. The molecule has 0 saturated carbocycles. The third-order valence-corrected chi connectivity index (χ3v) is 9.48. The van der Waals surface area contributed by atoms with Crippen molar-refractivity contribution in [1.29, 1.82) is 0 Å². The monoisotopic (exact) mass is 710 g/mol. The fourth-order valence-corrected chi connectivity index (χ4v) is 6.72. The van der Waals surface area contributed by atoms with E-state index in [1.165, 1.54) is 6.92 Å². The Kier molecular flexibility index (Phi) is 14.2. The number of benzene rings is 3. The largest absolute Gasteiger partial charge is 0.491 e. The van der Waals surface area contributed by atoms with E-state index in [1.54, 1.807) is 18.0 Å². The summed E-state index contributed by atoms with van der Waals surface area (Å²) in [7, 11) is 0. The van der Waals surface area contributed by atoms with Crippen LogP contribution >= 0.6 is 11.8 Å². The van der Waals surface area contributed by atoms with Crippen molar-refractivity contribution in [3.05, 3.63) is 96.1 Å². The quantitative estimate of drug-likeness (QED) is 0.0625. The van der Waals surface area contributed by atoms with Gasteiger partial charge in [-0.1, -0.05) is 45.4 Å². The van der Waals surface area contributed by atoms with Crippen molar-refractivity contribution in [2.24, 2.45) is 5.92 Å². The molecule has 0 radical (unpaired) electrons. The van der Waals surface area contributed by atoms with Crippen LogP contribution in [0.3, 0.4) is 0 Å². The molecule has 3 aromatic carbocycles. The average molecular weight is 711 g/mol. The van der Waals surface area contributed by atoms with E-state index < -0.39 is 0 Å². The van der Waals surface area contributed by atoms with E-state index in [2.05, 4.69) is 72.4 Å². The summed E-state index contributed by atoms with van der Waals surface area (Å²) in [4.78, 5) is 32.7. The van der Waals surface area contributed by atoms with Crippen LogP contribution in [0.5, 0.6) is 5.75 Å². The number of esters is 1. The fraction of sp³-hybridized carbons (Fsp3) is 0.390. The number of rotatable bonds is 18. The summed E-state index contributed by atoms with van der Waals surface area (Å²) in [6.07, 6.45) is 8.54. The number of unbranched alkanes of at least 4 members (excludes halogenated alkanes) is 1. The van der Waals surface area contributed by atoms with Gasteiger partial charge in [0.25, 0.3) is 5.91 Å². The van der Waals surface area contributed by atoms with Crippen LogP contribution in [-0.4, -0.2) is 60.9 Å². The van der Waals surface area contributed by atoms with Crippen LogP contribution in [0.4, 0.5) is 11.4 Å². The minimum Gasteiger partial charge on any atom is -0.491 e. The molecule has 5 rings (SSSR count). The van der Waals surface area contributed by atoms with Crippen molar-refractivity contribution in [2.45, 2.75) is 64.2 Å². The van der Waals surface area contributed by atoms with E-state index in [1.807, 2.05) is 47.2 Å². The van der Waals surface area contributed by atoms with Gasteiger partial charge < -0.3 is 29.0 Å². The third kappa shape index (κ3) is 11.5. The summed E-state index contributed by atoms with van der Waals surface area (Å²) in [6, 6.07) is 22.6. The Labute approximate surface area is 306 Å². The predicted molar refractivity (Wildman–Crippen MR) is 206 cm³/mol. The van der Waals surface area contributed by atoms with Gasteiger partial charge in [-0.25, -0.2) is 4.98 Å². The number of imidazole rings is 1. The van der Waals surface area contributed by atoms with Gasteiger partial charge in [0.1, 0.15) is 24.8 Å². The first-order valence-corrected chi connectivity index (χ1v) is 18.9. The molecular weight excluding hydrogens is 661 g/mol. The lowest BCUT2D eigenvalue weighted by molar-refractivity contribution is -0.141. The molecule has 0 bridgehead atoms. The lowest BCUT2D eigenvalue weighted by Crippen LogP contribution is -2.29. The highest BCUT2D eigenvalue weighted by molar-refractivity contribution is 7.98. The van der Waals surface area contributed by atoms with Gasteiger partial charge >= 0.3 is 5.97 Å². The highest BCUT2D eigenvalue weighted by atomic mass is 32.2. The number of hydrogen-bond acceptors (Lipinski definition) is 8. The Morgan fingerprint density at radius 2 is 1.75 bits per heavy atom. The molecule has 270 valence electrons. The second-order valence-corrected chi connectivity index (χ2v) is 14.1. The Balaban J connectivity index is 1.23. The summed E-state index contributed by atoms with van der Waals surface area (Å²) in [5.74, 6) is 2.50. The molecule has 1 aliphatic rings. The summed E-state index contributed by atoms with van der Waals surface area (Å²) < 4.78 is 18.6. The maximum absolute atomic E-state index is 13.7. The van der Waals surface area contributed by atoms with Crippen LogP contribution < -0.4 is 15.0 Å². The molecule has 0 saturated heterocycles. The first-order valence-electron chi connectivity index (χ1n) is 17.9. The molecule has 0 aliphatic carbocycles. The van der Waals surface area contributed by atoms with Crippen LogP contribution in [0, 0.1) is 5.92 Å². The highest BCUT2D eigenvalue weighted by Gasteiger charge is 2.21. The molecule has 10 heteroatoms. The zero-order valence-electron chi connectivity index (χ0n) is 30.2. The third-order valence-electron chi connectivity index (χ3n) is 8.47. The van der Waals surface area contributed by atoms with Gasteiger partial charge in [0.2, 0.25) is 0 Å². The number of fused-ring (bicyclic) bond motifs is 1. The SMILES string of the molecule is CCCCOCCOc1ccc(-c2ccc3c(c2)C=C(C(=O)Nc2ccc(SCc4nccn4CCOC(C)=O)cc2)CCN3CC(C)C)cc1. The number of ether oxygens (including phenoxy) is 3. The smallest absolute Gasteiger partial charge is 0.302 e. The Bertz CT molecular complexity index is 1750. The van der Waals surface area contributed by atoms with Gasteiger partial charge in [0.05, 0.1) is 18.9 Å². The molecule has 1 amide bonds. The van der Waals surface area contributed by atoms with Crippen molar-refractivity contribution in [2.75, 3.05) is 49.7 Å². The van der Waals surface area contributed by atoms with Crippen molar-refractivity contribution < 1.29 is 23.8 Å². The minimum absolute atomic E-state index is 0.0897. The van der Waals surface area contributed by atoms with Gasteiger partial charge in [-0.3, -0.25) is 9.59 Å². The molecule has 4 aromatic rings. The van der Waals surface area contributed by atoms with Gasteiger partial charge in [0.15, 0.2) is 0 Å². The van der Waals surface area contributed by atoms with E-state index in [4.69, 9.17) is 14.2 Å². The van der Waals surface area contributed by atoms with Crippen LogP contribution in [-0.2, 0) is 31.4 Å². The molecule has 0 fully saturated rings. The fourth-order valence-electron chi connectivity index (χ4n) is 5.86. The first kappa shape index (κ1) is 37.7. The van der Waals surface area contributed by atoms with Gasteiger partial charge in [-0.15, -0.1) is 11.8 Å². The number of carbonyl (C=O) groups is 2. The van der Waals surface area contributed by atoms with E-state index in [-0.39, 0.29) is 11.9 Å². The van der Waals surface area contributed by atoms with Crippen LogP contribution in [0.1, 0.15) is 58.3 Å². The summed E-state index contributed by atoms with van der Waals surface area (Å²) in [5.41, 5.74) is 5.87. The number of hydrogen-bond donors (Lipinski definition) is 1. The number of nitrogens with zero attached hydrogens (tertiary/aromatic N) is 3.